The van der Waals surface area contributed by atoms with Gasteiger partial charge in [-0.3, -0.25) is 33.6 Å². The van der Waals surface area contributed by atoms with Crippen molar-refractivity contribution < 1.29 is 18.7 Å². The van der Waals surface area contributed by atoms with Crippen molar-refractivity contribution in [3.63, 3.8) is 0 Å². The van der Waals surface area contributed by atoms with Crippen molar-refractivity contribution in [1.82, 2.24) is 24.5 Å². The van der Waals surface area contributed by atoms with Gasteiger partial charge in [0.1, 0.15) is 22.8 Å². The van der Waals surface area contributed by atoms with E-state index in [4.69, 9.17) is 16.3 Å². The van der Waals surface area contributed by atoms with Crippen molar-refractivity contribution in [2.24, 2.45) is 5.41 Å². The normalized spacial score (nSPS) is 17.7. The zero-order valence-electron chi connectivity index (χ0n) is 34.5. The summed E-state index contributed by atoms with van der Waals surface area (Å²) in [6, 6.07) is 22.6. The standard InChI is InChI=1S/C45H51ClN8O5S2/c1-45(2)13-11-33(39(28-45)31-3-5-34(46)6-4-31)30-52-17-19-53(20-18-52)35-7-9-38(42(26-35)59-36-25-32-12-14-48-43(32)49-29-36)44(55)50-60-37-8-10-40(41(27-37)54(56)57)47-15-16-51-21-23-61(58)24-22-51/h3-10,12,14,25-27,29,47H,11,13,15-24,28,30H2,1-2H3,(H,48,49)(H,50,55). The number of nitro groups is 1. The number of fused-ring (bicyclic) bond motifs is 1. The summed E-state index contributed by atoms with van der Waals surface area (Å²) >= 11 is 7.26. The fourth-order valence-electron chi connectivity index (χ4n) is 8.26. The Morgan fingerprint density at radius 1 is 1.00 bits per heavy atom. The summed E-state index contributed by atoms with van der Waals surface area (Å²) in [5, 5.41) is 16.9. The maximum absolute atomic E-state index is 13.9. The Balaban J connectivity index is 0.950. The van der Waals surface area contributed by atoms with Crippen molar-refractivity contribution in [1.29, 1.82) is 0 Å². The van der Waals surface area contributed by atoms with Crippen LogP contribution < -0.4 is 19.7 Å². The lowest BCUT2D eigenvalue weighted by molar-refractivity contribution is -0.384. The van der Waals surface area contributed by atoms with E-state index in [1.165, 1.54) is 29.2 Å². The Kier molecular flexibility index (Phi) is 13.3. The van der Waals surface area contributed by atoms with E-state index in [1.807, 2.05) is 42.6 Å². The molecule has 1 aliphatic carbocycles. The topological polar surface area (TPSA) is 149 Å². The van der Waals surface area contributed by atoms with E-state index in [0.29, 0.717) is 52.2 Å². The lowest BCUT2D eigenvalue weighted by Crippen LogP contribution is -2.47. The molecule has 1 amide bonds. The smallest absolute Gasteiger partial charge is 0.293 e. The predicted octanol–water partition coefficient (Wildman–Crippen LogP) is 8.62. The number of halogens is 1. The molecule has 0 bridgehead atoms. The number of pyridine rings is 1. The molecule has 0 unspecified atom stereocenters. The minimum Gasteiger partial charge on any atom is -0.455 e. The molecule has 16 heteroatoms. The second-order valence-electron chi connectivity index (χ2n) is 16.6. The van der Waals surface area contributed by atoms with Crippen LogP contribution in [0.15, 0.2) is 95.7 Å². The van der Waals surface area contributed by atoms with Crippen LogP contribution in [0.2, 0.25) is 5.02 Å². The molecular weight excluding hydrogens is 832 g/mol. The minimum absolute atomic E-state index is 0.0819. The maximum atomic E-state index is 13.9. The van der Waals surface area contributed by atoms with E-state index in [2.05, 4.69) is 60.7 Å². The van der Waals surface area contributed by atoms with Gasteiger partial charge in [0.25, 0.3) is 11.6 Å². The molecule has 5 aromatic rings. The van der Waals surface area contributed by atoms with Crippen molar-refractivity contribution in [2.75, 3.05) is 80.6 Å². The van der Waals surface area contributed by atoms with Crippen LogP contribution in [0.1, 0.15) is 49.0 Å². The fourth-order valence-corrected chi connectivity index (χ4v) is 10.1. The van der Waals surface area contributed by atoms with Crippen molar-refractivity contribution >= 4 is 73.9 Å². The SMILES string of the molecule is CC1(C)CCC(CN2CCN(c3ccc(C(=O)NSc4ccc(NCCN5CCS(=O)CC5)c([N+](=O)[O-])c4)c(Oc4cnc5[nH]ccc5c4)c3)CC2)=C(c2ccc(Cl)cc2)C1. The Bertz CT molecular complexity index is 2440. The molecule has 13 nitrogen and oxygen atoms in total. The van der Waals surface area contributed by atoms with Gasteiger partial charge in [0.2, 0.25) is 0 Å². The molecule has 0 atom stereocenters. The Morgan fingerprint density at radius 3 is 2.56 bits per heavy atom. The number of nitrogens with one attached hydrogen (secondary N) is 3. The van der Waals surface area contributed by atoms with Crippen molar-refractivity contribution in [2.45, 2.75) is 38.0 Å². The van der Waals surface area contributed by atoms with Gasteiger partial charge in [-0.2, -0.15) is 0 Å². The number of carbonyl (C=O) groups is 1. The van der Waals surface area contributed by atoms with Crippen LogP contribution in [0.5, 0.6) is 11.5 Å². The number of H-pyrrole nitrogens is 1. The summed E-state index contributed by atoms with van der Waals surface area (Å²) in [5.41, 5.74) is 6.80. The second kappa shape index (κ2) is 19.0. The van der Waals surface area contributed by atoms with Gasteiger partial charge in [0.15, 0.2) is 0 Å². The highest BCUT2D eigenvalue weighted by Gasteiger charge is 2.30. The van der Waals surface area contributed by atoms with Crippen LogP contribution in [0.4, 0.5) is 17.1 Å². The summed E-state index contributed by atoms with van der Waals surface area (Å²) in [5.74, 6) is 1.77. The molecular formula is C45H51ClN8O5S2. The van der Waals surface area contributed by atoms with Crippen LogP contribution in [0.3, 0.4) is 0 Å². The molecule has 0 radical (unpaired) electrons. The minimum atomic E-state index is -0.761. The van der Waals surface area contributed by atoms with Crippen molar-refractivity contribution in [3.8, 4) is 11.5 Å². The van der Waals surface area contributed by atoms with E-state index in [1.54, 1.807) is 24.4 Å². The van der Waals surface area contributed by atoms with Crippen LogP contribution in [-0.4, -0.2) is 105 Å². The molecule has 2 aliphatic heterocycles. The number of hydrogen-bond acceptors (Lipinski definition) is 11. The summed E-state index contributed by atoms with van der Waals surface area (Å²) in [6.45, 7) is 11.8. The van der Waals surface area contributed by atoms with Crippen LogP contribution in [0, 0.1) is 15.5 Å². The summed E-state index contributed by atoms with van der Waals surface area (Å²) in [7, 11) is -0.761. The summed E-state index contributed by atoms with van der Waals surface area (Å²) in [4.78, 5) is 40.7. The van der Waals surface area contributed by atoms with E-state index in [0.717, 1.165) is 92.3 Å². The molecule has 2 saturated heterocycles. The highest BCUT2D eigenvalue weighted by molar-refractivity contribution is 7.98. The number of hydrogen-bond donors (Lipinski definition) is 3. The number of rotatable bonds is 14. The largest absolute Gasteiger partial charge is 0.455 e. The van der Waals surface area contributed by atoms with Gasteiger partial charge in [0, 0.05) is 121 Å². The van der Waals surface area contributed by atoms with E-state index in [9.17, 15) is 19.1 Å². The summed E-state index contributed by atoms with van der Waals surface area (Å²) < 4.78 is 21.0. The molecule has 3 aliphatic rings. The number of aromatic nitrogens is 2. The van der Waals surface area contributed by atoms with Gasteiger partial charge in [-0.05, 0) is 96.3 Å². The van der Waals surface area contributed by atoms with Gasteiger partial charge in [-0.15, -0.1) is 0 Å². The number of piperazine rings is 1. The molecule has 320 valence electrons. The first kappa shape index (κ1) is 42.7. The Hall–Kier alpha value is -4.93. The van der Waals surface area contributed by atoms with Crippen LogP contribution in [-0.2, 0) is 10.8 Å². The quantitative estimate of drug-likeness (QED) is 0.0559. The molecule has 2 aromatic heterocycles. The lowest BCUT2D eigenvalue weighted by Gasteiger charge is -2.39. The molecule has 3 aromatic carbocycles. The third-order valence-corrected chi connectivity index (χ3v) is 14.1. The molecule has 0 spiro atoms. The number of benzene rings is 3. The molecule has 0 saturated carbocycles. The number of amides is 1. The number of ether oxygens (including phenoxy) is 1. The maximum Gasteiger partial charge on any atom is 0.293 e. The van der Waals surface area contributed by atoms with Gasteiger partial charge in [-0.25, -0.2) is 4.98 Å². The highest BCUT2D eigenvalue weighted by Crippen LogP contribution is 2.43. The van der Waals surface area contributed by atoms with Gasteiger partial charge < -0.3 is 19.9 Å². The van der Waals surface area contributed by atoms with E-state index < -0.39 is 21.6 Å². The first-order chi connectivity index (χ1) is 29.5. The molecule has 61 heavy (non-hydrogen) atoms. The molecule has 2 fully saturated rings. The number of nitrogens with zero attached hydrogens (tertiary/aromatic N) is 5. The van der Waals surface area contributed by atoms with Crippen LogP contribution in [0.25, 0.3) is 16.6 Å². The zero-order valence-corrected chi connectivity index (χ0v) is 36.8. The number of carbonyl (C=O) groups excluding carboxylic acids is 1. The molecule has 4 heterocycles. The first-order valence-corrected chi connectivity index (χ1v) is 23.4. The Morgan fingerprint density at radius 2 is 1.79 bits per heavy atom. The first-order valence-electron chi connectivity index (χ1n) is 20.7. The van der Waals surface area contributed by atoms with E-state index in [-0.39, 0.29) is 11.1 Å². The van der Waals surface area contributed by atoms with Gasteiger partial charge in [0.05, 0.1) is 16.7 Å². The average molecular weight is 884 g/mol. The highest BCUT2D eigenvalue weighted by atomic mass is 35.5. The number of anilines is 2. The third-order valence-electron chi connectivity index (χ3n) is 11.8. The zero-order chi connectivity index (χ0) is 42.5. The fraction of sp³-hybridized carbons (Fsp3) is 0.378. The average Bonchev–Trinajstić information content (AvgIpc) is 3.73. The number of allylic oxidation sites excluding steroid dienone is 1. The Labute approximate surface area is 368 Å². The molecule has 8 rings (SSSR count). The monoisotopic (exact) mass is 882 g/mol. The third kappa shape index (κ3) is 10.8. The van der Waals surface area contributed by atoms with Crippen LogP contribution >= 0.6 is 23.5 Å². The predicted molar refractivity (Wildman–Crippen MR) is 246 cm³/mol. The summed E-state index contributed by atoms with van der Waals surface area (Å²) in [6.07, 6.45) is 6.75. The van der Waals surface area contributed by atoms with Crippen molar-refractivity contribution in [3.05, 3.63) is 117 Å². The number of aromatic amines is 1. The van der Waals surface area contributed by atoms with Gasteiger partial charge in [-0.1, -0.05) is 43.2 Å². The molecule has 3 N–H and O–H groups in total. The second-order valence-corrected chi connectivity index (χ2v) is 19.7. The van der Waals surface area contributed by atoms with E-state index >= 15 is 0 Å². The number of nitro benzene ring substituents is 1. The lowest BCUT2D eigenvalue weighted by atomic mass is 9.72. The van der Waals surface area contributed by atoms with Gasteiger partial charge >= 0.3 is 0 Å².